The maximum Gasteiger partial charge on any atom is 1.00 e. The fourth-order valence-corrected chi connectivity index (χ4v) is 6.46. The minimum atomic E-state index is -0.499. The summed E-state index contributed by atoms with van der Waals surface area (Å²) in [6.45, 7) is 2.39. The van der Waals surface area contributed by atoms with E-state index in [4.69, 9.17) is 4.74 Å². The van der Waals surface area contributed by atoms with E-state index >= 15 is 0 Å². The van der Waals surface area contributed by atoms with Gasteiger partial charge in [-0.15, -0.1) is 0 Å². The van der Waals surface area contributed by atoms with Gasteiger partial charge in [0.2, 0.25) is 0 Å². The van der Waals surface area contributed by atoms with E-state index in [2.05, 4.69) is 33.6 Å². The molecule has 57 heavy (non-hydrogen) atoms. The number of ketones is 1. The Labute approximate surface area is 353 Å². The van der Waals surface area contributed by atoms with Crippen molar-refractivity contribution >= 4 is 36.0 Å². The van der Waals surface area contributed by atoms with Crippen molar-refractivity contribution in [3.8, 4) is 23.7 Å². The molecule has 281 valence electrons. The SMILES string of the molecule is C1CCOC1.O=C1CCc2nc3cc(C#Cc4cccc(F)c4)ccc3c(=O)n2C1.O=c1c2ccc(C#Cc3cccc(F)c3)cc2nc2n1CC(O)CC2.[B].[H-].[Na+]. The van der Waals surface area contributed by atoms with Crippen LogP contribution < -0.4 is 40.7 Å². The molecule has 1 saturated heterocycles. The van der Waals surface area contributed by atoms with Crippen molar-refractivity contribution in [2.75, 3.05) is 13.2 Å². The number of ether oxygens (including phenoxy) is 1. The number of rotatable bonds is 0. The van der Waals surface area contributed by atoms with Gasteiger partial charge < -0.3 is 11.3 Å². The summed E-state index contributed by atoms with van der Waals surface area (Å²) in [6, 6.07) is 22.6. The van der Waals surface area contributed by atoms with Crippen molar-refractivity contribution in [1.29, 1.82) is 0 Å². The third-order valence-corrected chi connectivity index (χ3v) is 9.30. The number of carbonyl (C=O) groups excluding carboxylic acids is 1. The van der Waals surface area contributed by atoms with Gasteiger partial charge in [-0.25, -0.2) is 18.7 Å². The smallest absolute Gasteiger partial charge is 1.00 e. The molecule has 5 heterocycles. The molecule has 2 aromatic heterocycles. The number of aliphatic hydroxyl groups excluding tert-OH is 1. The van der Waals surface area contributed by atoms with Crippen molar-refractivity contribution < 1.29 is 54.4 Å². The summed E-state index contributed by atoms with van der Waals surface area (Å²) in [6.07, 6.45) is 4.13. The molecule has 0 aliphatic carbocycles. The molecule has 1 unspecified atom stereocenters. The Bertz CT molecular complexity index is 2690. The van der Waals surface area contributed by atoms with Gasteiger partial charge in [-0.3, -0.25) is 23.5 Å². The summed E-state index contributed by atoms with van der Waals surface area (Å²) in [5.74, 6) is 12.5. The van der Waals surface area contributed by atoms with Gasteiger partial charge in [-0.1, -0.05) is 35.8 Å². The van der Waals surface area contributed by atoms with Gasteiger partial charge in [0.15, 0.2) is 5.78 Å². The zero-order valence-electron chi connectivity index (χ0n) is 32.4. The van der Waals surface area contributed by atoms with Crippen LogP contribution in [0.25, 0.3) is 21.8 Å². The average Bonchev–Trinajstić information content (AvgIpc) is 3.78. The van der Waals surface area contributed by atoms with Crippen molar-refractivity contribution in [3.63, 3.8) is 0 Å². The van der Waals surface area contributed by atoms with Gasteiger partial charge in [0.05, 0.1) is 41.0 Å². The summed E-state index contributed by atoms with van der Waals surface area (Å²) in [4.78, 5) is 45.8. The van der Waals surface area contributed by atoms with Crippen molar-refractivity contribution in [1.82, 2.24) is 19.1 Å². The third kappa shape index (κ3) is 10.8. The maximum absolute atomic E-state index is 13.2. The van der Waals surface area contributed by atoms with Crippen molar-refractivity contribution in [2.45, 2.75) is 57.7 Å². The second-order valence-electron chi connectivity index (χ2n) is 13.4. The standard InChI is InChI=1S/C20H15FN2O2.C20H13FN2O2.C4H8O.B.Na.H/c2*21-15-3-1-2-13(10-15)4-5-14-6-8-17-18(11-14)22-19-9-7-16(24)12-23(19)20(17)25;1-2-4-5-3-1;;;/h1-3,6,8,10-11,16,24H,7,9,12H2;1-3,6,8,10-11H,7,9,12H2;1-4H2;;;/q;;;;+1;-1. The molecule has 1 atom stereocenters. The largest absolute Gasteiger partial charge is 1.00 e. The van der Waals surface area contributed by atoms with Gasteiger partial charge in [-0.05, 0) is 92.1 Å². The average molecular weight is 774 g/mol. The first-order valence-corrected chi connectivity index (χ1v) is 18.1. The normalized spacial score (nSPS) is 15.0. The fraction of sp³-hybridized carbons (Fsp3) is 0.250. The van der Waals surface area contributed by atoms with Crippen LogP contribution in [0.5, 0.6) is 0 Å². The topological polar surface area (TPSA) is 116 Å². The number of benzene rings is 4. The maximum atomic E-state index is 13.2. The van der Waals surface area contributed by atoms with Crippen LogP contribution in [0.3, 0.4) is 0 Å². The molecule has 3 aliphatic heterocycles. The van der Waals surface area contributed by atoms with Crippen LogP contribution in [0, 0.1) is 35.3 Å². The van der Waals surface area contributed by atoms with Gasteiger partial charge in [-0.2, -0.15) is 0 Å². The van der Waals surface area contributed by atoms with E-state index in [-0.39, 0.29) is 81.0 Å². The fourth-order valence-electron chi connectivity index (χ4n) is 6.46. The number of fused-ring (bicyclic) bond motifs is 4. The molecular formula is C44H37BF2N4NaO5. The van der Waals surface area contributed by atoms with Crippen LogP contribution in [0.2, 0.25) is 0 Å². The second-order valence-corrected chi connectivity index (χ2v) is 13.4. The number of hydrogen-bond acceptors (Lipinski definition) is 7. The van der Waals surface area contributed by atoms with Crippen LogP contribution in [-0.2, 0) is 35.5 Å². The van der Waals surface area contributed by atoms with Crippen LogP contribution in [0.15, 0.2) is 94.5 Å². The quantitative estimate of drug-likeness (QED) is 0.186. The number of aryl methyl sites for hydroxylation is 2. The van der Waals surface area contributed by atoms with Crippen LogP contribution in [0.1, 0.15) is 61.0 Å². The van der Waals surface area contributed by atoms with Crippen molar-refractivity contribution in [2.24, 2.45) is 0 Å². The summed E-state index contributed by atoms with van der Waals surface area (Å²) < 4.78 is 34.3. The number of carbonyl (C=O) groups is 1. The molecule has 9 rings (SSSR count). The molecule has 4 aromatic carbocycles. The molecule has 0 spiro atoms. The Kier molecular flexibility index (Phi) is 14.9. The molecule has 6 aromatic rings. The van der Waals surface area contributed by atoms with E-state index in [1.807, 2.05) is 0 Å². The molecule has 3 radical (unpaired) electrons. The van der Waals surface area contributed by atoms with Gasteiger partial charge in [0.1, 0.15) is 23.3 Å². The summed E-state index contributed by atoms with van der Waals surface area (Å²) >= 11 is 0. The monoisotopic (exact) mass is 773 g/mol. The van der Waals surface area contributed by atoms with Gasteiger partial charge >= 0.3 is 29.6 Å². The van der Waals surface area contributed by atoms with E-state index in [1.54, 1.807) is 65.2 Å². The second kappa shape index (κ2) is 19.8. The van der Waals surface area contributed by atoms with Crippen LogP contribution in [0.4, 0.5) is 8.78 Å². The third-order valence-electron chi connectivity index (χ3n) is 9.30. The molecule has 0 saturated carbocycles. The van der Waals surface area contributed by atoms with E-state index < -0.39 is 6.10 Å². The van der Waals surface area contributed by atoms with E-state index in [0.717, 1.165) is 13.2 Å². The number of hydrogen-bond donors (Lipinski definition) is 1. The number of Topliss-reactive ketones (excluding diaryl/α,β-unsaturated/α-hetero) is 1. The van der Waals surface area contributed by atoms with E-state index in [1.165, 1.54) is 41.7 Å². The Morgan fingerprint density at radius 3 is 1.65 bits per heavy atom. The Morgan fingerprint density at radius 1 is 0.667 bits per heavy atom. The zero-order valence-corrected chi connectivity index (χ0v) is 33.4. The molecule has 1 fully saturated rings. The number of halogens is 2. The number of aromatic nitrogens is 4. The zero-order chi connectivity index (χ0) is 38.3. The molecule has 0 amide bonds. The first-order valence-electron chi connectivity index (χ1n) is 18.1. The molecule has 1 N–H and O–H groups in total. The van der Waals surface area contributed by atoms with Crippen LogP contribution in [-0.4, -0.2) is 57.7 Å². The first kappa shape index (κ1) is 42.9. The first-order chi connectivity index (χ1) is 26.7. The minimum absolute atomic E-state index is 0. The van der Waals surface area contributed by atoms with E-state index in [0.29, 0.717) is 81.4 Å². The molecular weight excluding hydrogens is 736 g/mol. The predicted molar refractivity (Wildman–Crippen MR) is 211 cm³/mol. The number of aliphatic hydroxyl groups is 1. The summed E-state index contributed by atoms with van der Waals surface area (Å²) in [7, 11) is 0. The Balaban J connectivity index is 0.000000219. The Hall–Kier alpha value is -5.21. The van der Waals surface area contributed by atoms with E-state index in [9.17, 15) is 28.3 Å². The number of nitrogens with zero attached hydrogens (tertiary/aromatic N) is 4. The van der Waals surface area contributed by atoms with Crippen LogP contribution >= 0.6 is 0 Å². The van der Waals surface area contributed by atoms with Crippen molar-refractivity contribution in [3.05, 3.63) is 151 Å². The molecule has 3 aliphatic rings. The predicted octanol–water partition coefficient (Wildman–Crippen LogP) is 2.23. The summed E-state index contributed by atoms with van der Waals surface area (Å²) in [5.41, 5.74) is 3.41. The summed E-state index contributed by atoms with van der Waals surface area (Å²) in [5, 5.41) is 10.7. The minimum Gasteiger partial charge on any atom is -1.00 e. The van der Waals surface area contributed by atoms with Gasteiger partial charge in [0, 0.05) is 63.1 Å². The molecule has 13 heteroatoms. The van der Waals surface area contributed by atoms with Gasteiger partial charge in [0.25, 0.3) is 11.1 Å². The Morgan fingerprint density at radius 2 is 1.16 bits per heavy atom. The molecule has 0 bridgehead atoms. The molecule has 9 nitrogen and oxygen atoms in total.